The van der Waals surface area contributed by atoms with Crippen molar-refractivity contribution in [3.05, 3.63) is 47.3 Å². The molecule has 0 amide bonds. The standard InChI is InChI=1S/C16H18N4S/c1-2-3-5-12-7-9-13(10-8-12)20-16(17)15(18-19-20)14-6-4-11-21-14/h4,6-11H,2-3,5,17H2,1H3. The Morgan fingerprint density at radius 2 is 2.00 bits per heavy atom. The molecule has 0 saturated heterocycles. The van der Waals surface area contributed by atoms with E-state index in [4.69, 9.17) is 5.73 Å². The van der Waals surface area contributed by atoms with Crippen LogP contribution in [0.2, 0.25) is 0 Å². The van der Waals surface area contributed by atoms with Gasteiger partial charge in [0.05, 0.1) is 10.6 Å². The van der Waals surface area contributed by atoms with E-state index in [1.54, 1.807) is 16.0 Å². The topological polar surface area (TPSA) is 56.7 Å². The molecule has 0 aliphatic rings. The van der Waals surface area contributed by atoms with Crippen molar-refractivity contribution in [3.8, 4) is 16.3 Å². The summed E-state index contributed by atoms with van der Waals surface area (Å²) in [4.78, 5) is 1.04. The maximum atomic E-state index is 6.19. The van der Waals surface area contributed by atoms with Crippen molar-refractivity contribution in [2.75, 3.05) is 5.73 Å². The molecule has 0 spiro atoms. The zero-order chi connectivity index (χ0) is 14.7. The fourth-order valence-electron chi connectivity index (χ4n) is 2.25. The summed E-state index contributed by atoms with van der Waals surface area (Å²) in [6.07, 6.45) is 3.54. The zero-order valence-corrected chi connectivity index (χ0v) is 12.8. The van der Waals surface area contributed by atoms with E-state index in [0.717, 1.165) is 22.7 Å². The van der Waals surface area contributed by atoms with E-state index in [9.17, 15) is 0 Å². The first-order chi connectivity index (χ1) is 10.3. The number of hydrogen-bond donors (Lipinski definition) is 1. The summed E-state index contributed by atoms with van der Waals surface area (Å²) in [5.74, 6) is 0.582. The van der Waals surface area contributed by atoms with Crippen molar-refractivity contribution < 1.29 is 0 Å². The van der Waals surface area contributed by atoms with Gasteiger partial charge in [-0.25, -0.2) is 0 Å². The minimum absolute atomic E-state index is 0.582. The van der Waals surface area contributed by atoms with Crippen LogP contribution in [0.25, 0.3) is 16.3 Å². The molecule has 0 saturated carbocycles. The molecule has 2 aromatic heterocycles. The second-order valence-corrected chi connectivity index (χ2v) is 5.93. The third-order valence-corrected chi connectivity index (χ3v) is 4.34. The van der Waals surface area contributed by atoms with Gasteiger partial charge in [-0.3, -0.25) is 0 Å². The molecule has 0 fully saturated rings. The van der Waals surface area contributed by atoms with Gasteiger partial charge in [0, 0.05) is 0 Å². The molecule has 0 unspecified atom stereocenters. The molecule has 0 bridgehead atoms. The highest BCUT2D eigenvalue weighted by molar-refractivity contribution is 7.13. The van der Waals surface area contributed by atoms with Crippen LogP contribution in [-0.4, -0.2) is 15.0 Å². The quantitative estimate of drug-likeness (QED) is 0.776. The Morgan fingerprint density at radius 1 is 1.19 bits per heavy atom. The number of benzene rings is 1. The third-order valence-electron chi connectivity index (χ3n) is 3.46. The van der Waals surface area contributed by atoms with Crippen molar-refractivity contribution in [1.82, 2.24) is 15.0 Å². The predicted molar refractivity (Wildman–Crippen MR) is 87.7 cm³/mol. The van der Waals surface area contributed by atoms with Crippen LogP contribution < -0.4 is 5.73 Å². The minimum Gasteiger partial charge on any atom is -0.382 e. The number of hydrogen-bond acceptors (Lipinski definition) is 4. The smallest absolute Gasteiger partial charge is 0.156 e. The summed E-state index contributed by atoms with van der Waals surface area (Å²) >= 11 is 1.61. The summed E-state index contributed by atoms with van der Waals surface area (Å²) in [5.41, 5.74) is 9.23. The normalized spacial score (nSPS) is 10.9. The maximum absolute atomic E-state index is 6.19. The molecule has 108 valence electrons. The number of rotatable bonds is 5. The van der Waals surface area contributed by atoms with Crippen molar-refractivity contribution >= 4 is 17.2 Å². The minimum atomic E-state index is 0.582. The molecule has 2 heterocycles. The van der Waals surface area contributed by atoms with Gasteiger partial charge in [-0.15, -0.1) is 16.4 Å². The van der Waals surface area contributed by atoms with E-state index in [2.05, 4.69) is 29.4 Å². The second kappa shape index (κ2) is 6.10. The molecule has 0 aliphatic carbocycles. The van der Waals surface area contributed by atoms with Crippen LogP contribution in [0.3, 0.4) is 0 Å². The summed E-state index contributed by atoms with van der Waals surface area (Å²) in [5, 5.41) is 10.4. The maximum Gasteiger partial charge on any atom is 0.156 e. The van der Waals surface area contributed by atoms with Crippen molar-refractivity contribution in [2.24, 2.45) is 0 Å². The van der Waals surface area contributed by atoms with E-state index in [1.807, 2.05) is 29.6 Å². The molecule has 21 heavy (non-hydrogen) atoms. The molecule has 0 atom stereocenters. The van der Waals surface area contributed by atoms with E-state index in [-0.39, 0.29) is 0 Å². The van der Waals surface area contributed by atoms with Gasteiger partial charge in [0.15, 0.2) is 5.82 Å². The van der Waals surface area contributed by atoms with Gasteiger partial charge in [-0.05, 0) is 42.0 Å². The number of aromatic nitrogens is 3. The fraction of sp³-hybridized carbons (Fsp3) is 0.250. The Balaban J connectivity index is 1.87. The van der Waals surface area contributed by atoms with Crippen molar-refractivity contribution in [1.29, 1.82) is 0 Å². The Morgan fingerprint density at radius 3 is 2.67 bits per heavy atom. The summed E-state index contributed by atoms with van der Waals surface area (Å²) < 4.78 is 1.69. The van der Waals surface area contributed by atoms with Crippen molar-refractivity contribution in [2.45, 2.75) is 26.2 Å². The van der Waals surface area contributed by atoms with E-state index >= 15 is 0 Å². The predicted octanol–water partition coefficient (Wildman–Crippen LogP) is 3.92. The fourth-order valence-corrected chi connectivity index (χ4v) is 2.97. The Labute approximate surface area is 128 Å². The summed E-state index contributed by atoms with van der Waals surface area (Å²) in [7, 11) is 0. The molecule has 0 radical (unpaired) electrons. The number of thiophene rings is 1. The number of nitrogens with zero attached hydrogens (tertiary/aromatic N) is 3. The largest absolute Gasteiger partial charge is 0.382 e. The highest BCUT2D eigenvalue weighted by Crippen LogP contribution is 2.28. The zero-order valence-electron chi connectivity index (χ0n) is 12.0. The first kappa shape index (κ1) is 13.8. The monoisotopic (exact) mass is 298 g/mol. The number of nitrogen functional groups attached to an aromatic ring is 1. The van der Waals surface area contributed by atoms with Crippen molar-refractivity contribution in [3.63, 3.8) is 0 Å². The molecule has 0 aliphatic heterocycles. The van der Waals surface area contributed by atoms with Crippen LogP contribution in [0.15, 0.2) is 41.8 Å². The van der Waals surface area contributed by atoms with Gasteiger partial charge in [-0.2, -0.15) is 4.68 Å². The molecule has 1 aromatic carbocycles. The second-order valence-electron chi connectivity index (χ2n) is 4.98. The summed E-state index contributed by atoms with van der Waals surface area (Å²) in [6, 6.07) is 12.4. The molecular formula is C16H18N4S. The van der Waals surface area contributed by atoms with Gasteiger partial charge >= 0.3 is 0 Å². The van der Waals surface area contributed by atoms with Gasteiger partial charge in [0.2, 0.25) is 0 Å². The lowest BCUT2D eigenvalue weighted by Gasteiger charge is -2.05. The van der Waals surface area contributed by atoms with Gasteiger partial charge in [0.1, 0.15) is 5.69 Å². The van der Waals surface area contributed by atoms with Crippen LogP contribution >= 0.6 is 11.3 Å². The van der Waals surface area contributed by atoms with Crippen LogP contribution in [0.4, 0.5) is 5.82 Å². The molecule has 3 aromatic rings. The Bertz CT molecular complexity index is 698. The van der Waals surface area contributed by atoms with Crippen LogP contribution in [0.1, 0.15) is 25.3 Å². The van der Waals surface area contributed by atoms with E-state index < -0.39 is 0 Å². The third kappa shape index (κ3) is 2.83. The lowest BCUT2D eigenvalue weighted by molar-refractivity contribution is 0.790. The van der Waals surface area contributed by atoms with Gasteiger partial charge in [-0.1, -0.05) is 36.8 Å². The average molecular weight is 298 g/mol. The first-order valence-corrected chi connectivity index (χ1v) is 8.02. The first-order valence-electron chi connectivity index (χ1n) is 7.14. The molecule has 3 rings (SSSR count). The Hall–Kier alpha value is -2.14. The number of anilines is 1. The lowest BCUT2D eigenvalue weighted by atomic mass is 10.1. The molecule has 4 nitrogen and oxygen atoms in total. The SMILES string of the molecule is CCCCc1ccc(-n2nnc(-c3cccs3)c2N)cc1. The highest BCUT2D eigenvalue weighted by Gasteiger charge is 2.13. The van der Waals surface area contributed by atoms with Gasteiger partial charge in [0.25, 0.3) is 0 Å². The number of aryl methyl sites for hydroxylation is 1. The van der Waals surface area contributed by atoms with Crippen LogP contribution in [-0.2, 0) is 6.42 Å². The molecule has 2 N–H and O–H groups in total. The summed E-state index contributed by atoms with van der Waals surface area (Å²) in [6.45, 7) is 2.20. The molecular weight excluding hydrogens is 280 g/mol. The average Bonchev–Trinajstić information content (AvgIpc) is 3.15. The number of unbranched alkanes of at least 4 members (excludes halogenated alkanes) is 1. The van der Waals surface area contributed by atoms with Crippen LogP contribution in [0.5, 0.6) is 0 Å². The van der Waals surface area contributed by atoms with Gasteiger partial charge < -0.3 is 5.73 Å². The van der Waals surface area contributed by atoms with E-state index in [0.29, 0.717) is 5.82 Å². The lowest BCUT2D eigenvalue weighted by Crippen LogP contribution is -2.02. The molecule has 5 heteroatoms. The Kier molecular flexibility index (Phi) is 4.01. The highest BCUT2D eigenvalue weighted by atomic mass is 32.1. The van der Waals surface area contributed by atoms with E-state index in [1.165, 1.54) is 18.4 Å². The number of nitrogens with two attached hydrogens (primary N) is 1. The van der Waals surface area contributed by atoms with Crippen LogP contribution in [0, 0.1) is 0 Å².